The number of unbranched alkanes of at least 4 members (excludes halogenated alkanes) is 3. The van der Waals surface area contributed by atoms with Crippen molar-refractivity contribution in [2.45, 2.75) is 114 Å². The van der Waals surface area contributed by atoms with Crippen LogP contribution in [0.1, 0.15) is 80.9 Å². The molecule has 1 saturated heterocycles. The molecule has 0 bridgehead atoms. The van der Waals surface area contributed by atoms with Crippen LogP contribution in [0.3, 0.4) is 0 Å². The molecule has 2 aliphatic heterocycles. The van der Waals surface area contributed by atoms with Crippen molar-refractivity contribution >= 4 is 36.0 Å². The summed E-state index contributed by atoms with van der Waals surface area (Å²) in [6.45, 7) is 4.02. The summed E-state index contributed by atoms with van der Waals surface area (Å²) < 4.78 is 48.5. The maximum atomic E-state index is 13.9. The number of halogens is 3. The topological polar surface area (TPSA) is 144 Å². The lowest BCUT2D eigenvalue weighted by atomic mass is 9.98. The van der Waals surface area contributed by atoms with Crippen LogP contribution < -0.4 is 16.1 Å². The van der Waals surface area contributed by atoms with Crippen molar-refractivity contribution in [1.82, 2.24) is 30.3 Å². The third-order valence-electron chi connectivity index (χ3n) is 8.93. The molecule has 3 atom stereocenters. The molecule has 1 aromatic carbocycles. The number of amides is 4. The summed E-state index contributed by atoms with van der Waals surface area (Å²) >= 11 is 0.987. The van der Waals surface area contributed by atoms with Crippen LogP contribution in [0.25, 0.3) is 0 Å². The van der Waals surface area contributed by atoms with Crippen LogP contribution >= 0.6 is 12.2 Å². The second-order valence-corrected chi connectivity index (χ2v) is 13.7. The molecule has 49 heavy (non-hydrogen) atoms. The van der Waals surface area contributed by atoms with Gasteiger partial charge in [-0.05, 0) is 68.1 Å². The monoisotopic (exact) mass is 712 g/mol. The van der Waals surface area contributed by atoms with E-state index < -0.39 is 54.7 Å². The van der Waals surface area contributed by atoms with Crippen LogP contribution in [-0.4, -0.2) is 93.7 Å². The molecule has 1 aliphatic carbocycles. The Balaban J connectivity index is 1.20. The van der Waals surface area contributed by atoms with Gasteiger partial charge in [-0.3, -0.25) is 34.2 Å². The van der Waals surface area contributed by atoms with E-state index in [1.807, 2.05) is 18.2 Å². The molecule has 0 radical (unpaired) electrons. The molecule has 3 aliphatic rings. The molecule has 16 heteroatoms. The molecule has 4 rings (SSSR count). The quantitative estimate of drug-likeness (QED) is 0.0538. The molecular formula is C33H47F3N6O6S. The van der Waals surface area contributed by atoms with Crippen molar-refractivity contribution < 1.29 is 41.6 Å². The number of carboxylic acid groups (broad SMARTS) is 1. The Morgan fingerprint density at radius 2 is 1.90 bits per heavy atom. The first-order chi connectivity index (χ1) is 23.4. The fourth-order valence-electron chi connectivity index (χ4n) is 6.12. The number of carbonyl (C=O) groups is 4. The summed E-state index contributed by atoms with van der Waals surface area (Å²) in [5, 5.41) is 14.4. The van der Waals surface area contributed by atoms with Gasteiger partial charge in [0.25, 0.3) is 5.91 Å². The predicted molar refractivity (Wildman–Crippen MR) is 177 cm³/mol. The van der Waals surface area contributed by atoms with Gasteiger partial charge in [0.2, 0.25) is 11.8 Å². The van der Waals surface area contributed by atoms with Gasteiger partial charge in [-0.15, -0.1) is 11.0 Å². The van der Waals surface area contributed by atoms with Crippen molar-refractivity contribution in [1.29, 1.82) is 0 Å². The Kier molecular flexibility index (Phi) is 14.2. The maximum Gasteiger partial charge on any atom is 0.407 e. The first kappa shape index (κ1) is 38.5. The van der Waals surface area contributed by atoms with E-state index in [9.17, 15) is 37.5 Å². The number of likely N-dealkylation sites (tertiary alicyclic amines) is 1. The third-order valence-corrected chi connectivity index (χ3v) is 9.60. The van der Waals surface area contributed by atoms with E-state index >= 15 is 0 Å². The number of benzene rings is 1. The highest BCUT2D eigenvalue weighted by atomic mass is 32.2. The number of alkyl halides is 3. The Hall–Kier alpha value is -3.34. The maximum absolute atomic E-state index is 13.9. The molecule has 0 spiro atoms. The molecule has 4 amide bonds. The van der Waals surface area contributed by atoms with Crippen molar-refractivity contribution in [3.8, 4) is 0 Å². The number of hydrogen-bond donors (Lipinski definition) is 4. The average molecular weight is 713 g/mol. The van der Waals surface area contributed by atoms with Crippen LogP contribution in [0.4, 0.5) is 18.0 Å². The van der Waals surface area contributed by atoms with Gasteiger partial charge >= 0.3 is 12.3 Å². The zero-order valence-corrected chi connectivity index (χ0v) is 28.6. The van der Waals surface area contributed by atoms with Gasteiger partial charge in [-0.1, -0.05) is 43.5 Å². The zero-order chi connectivity index (χ0) is 35.6. The SMILES string of the molecule is C=CCC(NC(=O)C1CCCN1C(=O)CNC(CCCCCCc1cccc2c1CN(C(=O)O)C2)C(F)(F)F)C(=O)NN(C)SOC1CC1. The van der Waals surface area contributed by atoms with E-state index in [1.54, 1.807) is 7.05 Å². The van der Waals surface area contributed by atoms with E-state index in [0.29, 0.717) is 45.2 Å². The van der Waals surface area contributed by atoms with Gasteiger partial charge in [0.15, 0.2) is 0 Å². The number of fused-ring (bicyclic) bond motifs is 1. The molecule has 0 aromatic heterocycles. The molecule has 2 heterocycles. The Labute approximate surface area is 289 Å². The second kappa shape index (κ2) is 18.1. The van der Waals surface area contributed by atoms with Gasteiger partial charge in [-0.25, -0.2) is 4.79 Å². The van der Waals surface area contributed by atoms with Crippen LogP contribution in [0.2, 0.25) is 0 Å². The molecule has 12 nitrogen and oxygen atoms in total. The summed E-state index contributed by atoms with van der Waals surface area (Å²) in [6, 6.07) is 2.06. The Bertz CT molecular complexity index is 1330. The highest BCUT2D eigenvalue weighted by Gasteiger charge is 2.41. The highest BCUT2D eigenvalue weighted by Crippen LogP contribution is 2.29. The third kappa shape index (κ3) is 11.6. The van der Waals surface area contributed by atoms with Crippen molar-refractivity contribution in [3.63, 3.8) is 0 Å². The van der Waals surface area contributed by atoms with Crippen molar-refractivity contribution in [3.05, 3.63) is 47.5 Å². The smallest absolute Gasteiger partial charge is 0.407 e. The predicted octanol–water partition coefficient (Wildman–Crippen LogP) is 4.45. The summed E-state index contributed by atoms with van der Waals surface area (Å²) in [7, 11) is 1.60. The molecule has 2 fully saturated rings. The van der Waals surface area contributed by atoms with E-state index in [0.717, 1.165) is 54.6 Å². The minimum absolute atomic E-state index is 0.134. The number of carbonyl (C=O) groups excluding carboxylic acids is 3. The average Bonchev–Trinajstić information content (AvgIpc) is 3.54. The van der Waals surface area contributed by atoms with Crippen LogP contribution in [0, 0.1) is 0 Å². The lowest BCUT2D eigenvalue weighted by molar-refractivity contribution is -0.159. The van der Waals surface area contributed by atoms with Crippen molar-refractivity contribution in [2.75, 3.05) is 20.1 Å². The second-order valence-electron chi connectivity index (χ2n) is 12.8. The molecule has 1 saturated carbocycles. The summed E-state index contributed by atoms with van der Waals surface area (Å²) in [4.78, 5) is 53.1. The number of nitrogens with one attached hydrogen (secondary N) is 3. The number of aryl methyl sites for hydroxylation is 1. The van der Waals surface area contributed by atoms with Crippen LogP contribution in [0.15, 0.2) is 30.9 Å². The zero-order valence-electron chi connectivity index (χ0n) is 27.8. The summed E-state index contributed by atoms with van der Waals surface area (Å²) in [6.07, 6.45) is 1.94. The normalized spacial score (nSPS) is 18.7. The highest BCUT2D eigenvalue weighted by molar-refractivity contribution is 7.92. The molecule has 272 valence electrons. The van der Waals surface area contributed by atoms with E-state index in [4.69, 9.17) is 4.18 Å². The summed E-state index contributed by atoms with van der Waals surface area (Å²) in [5.74, 6) is -1.66. The minimum atomic E-state index is -4.55. The molecular weight excluding hydrogens is 665 g/mol. The van der Waals surface area contributed by atoms with Gasteiger partial charge < -0.3 is 15.3 Å². The standard InChI is InChI=1S/C33H47F3N6O6S/c1-3-10-26(30(44)39-40(2)49-48-24-16-17-24)38-31(45)27-14-9-18-42(27)29(43)19-37-28(33(34,35)36)15-7-5-4-6-11-22-12-8-13-23-20-41(32(46)47)21-25(22)23/h3,8,12-13,24,26-28,37H,1,4-7,9-11,14-21H2,2H3,(H,38,45)(H,39,44)(H,46,47). The molecule has 1 aromatic rings. The fraction of sp³-hybridized carbons (Fsp3) is 0.636. The largest absolute Gasteiger partial charge is 0.465 e. The summed E-state index contributed by atoms with van der Waals surface area (Å²) in [5.41, 5.74) is 5.71. The Morgan fingerprint density at radius 1 is 1.14 bits per heavy atom. The fourth-order valence-corrected chi connectivity index (χ4v) is 6.69. The van der Waals surface area contributed by atoms with E-state index in [1.165, 1.54) is 20.3 Å². The van der Waals surface area contributed by atoms with Crippen LogP contribution in [0.5, 0.6) is 0 Å². The first-order valence-corrected chi connectivity index (χ1v) is 17.5. The van der Waals surface area contributed by atoms with E-state index in [2.05, 4.69) is 22.6 Å². The molecule has 4 N–H and O–H groups in total. The Morgan fingerprint density at radius 3 is 2.59 bits per heavy atom. The van der Waals surface area contributed by atoms with Crippen molar-refractivity contribution in [2.24, 2.45) is 0 Å². The van der Waals surface area contributed by atoms with Gasteiger partial charge in [0.05, 0.1) is 12.6 Å². The van der Waals surface area contributed by atoms with E-state index in [-0.39, 0.29) is 25.5 Å². The number of rotatable bonds is 19. The van der Waals surface area contributed by atoms with Gasteiger partial charge in [0, 0.05) is 26.7 Å². The number of nitrogens with zero attached hydrogens (tertiary/aromatic N) is 3. The number of hydrogen-bond acceptors (Lipinski definition) is 8. The molecule has 3 unspecified atom stereocenters. The lowest BCUT2D eigenvalue weighted by Crippen LogP contribution is -2.55. The van der Waals surface area contributed by atoms with Crippen LogP contribution in [-0.2, 0) is 38.1 Å². The van der Waals surface area contributed by atoms with Gasteiger partial charge in [0.1, 0.15) is 30.4 Å². The van der Waals surface area contributed by atoms with Gasteiger partial charge in [-0.2, -0.15) is 13.2 Å². The minimum Gasteiger partial charge on any atom is -0.465 e. The lowest BCUT2D eigenvalue weighted by Gasteiger charge is -2.28. The number of hydrazine groups is 1. The first-order valence-electron chi connectivity index (χ1n) is 16.8.